The molecule has 1 aliphatic carbocycles. The van der Waals surface area contributed by atoms with E-state index < -0.39 is 0 Å². The van der Waals surface area contributed by atoms with Gasteiger partial charge in [0.1, 0.15) is 0 Å². The van der Waals surface area contributed by atoms with Crippen molar-refractivity contribution < 1.29 is 19.0 Å². The lowest BCUT2D eigenvalue weighted by Crippen LogP contribution is -2.05. The number of esters is 1. The summed E-state index contributed by atoms with van der Waals surface area (Å²) in [7, 11) is 4.71. The van der Waals surface area contributed by atoms with Crippen molar-refractivity contribution in [3.8, 4) is 11.5 Å². The maximum absolute atomic E-state index is 12.3. The second kappa shape index (κ2) is 10.4. The number of benzene rings is 2. The Hall–Kier alpha value is -2.40. The number of carbonyl (C=O) groups is 1. The molecule has 0 spiro atoms. The van der Waals surface area contributed by atoms with Crippen molar-refractivity contribution in [2.45, 2.75) is 37.0 Å². The minimum absolute atomic E-state index is 0.210. The summed E-state index contributed by atoms with van der Waals surface area (Å²) in [5.41, 5.74) is 2.17. The third-order valence-corrected chi connectivity index (χ3v) is 6.58. The van der Waals surface area contributed by atoms with Gasteiger partial charge in [0.15, 0.2) is 11.5 Å². The van der Waals surface area contributed by atoms with Crippen molar-refractivity contribution in [3.63, 3.8) is 0 Å². The number of allylic oxidation sites excluding steroid dienone is 1. The van der Waals surface area contributed by atoms with E-state index in [4.69, 9.17) is 14.2 Å². The summed E-state index contributed by atoms with van der Waals surface area (Å²) in [6, 6.07) is 16.4. The summed E-state index contributed by atoms with van der Waals surface area (Å²) >= 11 is 1.65. The standard InChI is InChI=1S/C24H28O4S/c1-26-21-15-13-19(16-22(21)27-2)29-23-18(12-14-20(23)24(25)28-3)11-7-10-17-8-5-4-6-9-17/h4-6,8-9,13,15-16,18H,7,10-12,14H2,1-3H3. The molecule has 0 fully saturated rings. The Balaban J connectivity index is 1.75. The zero-order valence-corrected chi connectivity index (χ0v) is 18.1. The van der Waals surface area contributed by atoms with E-state index in [1.807, 2.05) is 24.3 Å². The van der Waals surface area contributed by atoms with Crippen LogP contribution in [0.1, 0.15) is 31.2 Å². The average molecular weight is 413 g/mol. The van der Waals surface area contributed by atoms with Crippen molar-refractivity contribution in [2.75, 3.05) is 21.3 Å². The number of methoxy groups -OCH3 is 3. The van der Waals surface area contributed by atoms with Crippen LogP contribution in [0.5, 0.6) is 11.5 Å². The van der Waals surface area contributed by atoms with Crippen molar-refractivity contribution in [3.05, 3.63) is 64.6 Å². The van der Waals surface area contributed by atoms with Crippen LogP contribution >= 0.6 is 11.8 Å². The molecule has 0 radical (unpaired) electrons. The molecule has 1 unspecified atom stereocenters. The minimum Gasteiger partial charge on any atom is -0.493 e. The highest BCUT2D eigenvalue weighted by atomic mass is 32.2. The number of rotatable bonds is 9. The lowest BCUT2D eigenvalue weighted by molar-refractivity contribution is -0.136. The summed E-state index contributed by atoms with van der Waals surface area (Å²) in [5, 5.41) is 0. The van der Waals surface area contributed by atoms with Crippen molar-refractivity contribution in [1.29, 1.82) is 0 Å². The van der Waals surface area contributed by atoms with Crippen LogP contribution in [0.4, 0.5) is 0 Å². The van der Waals surface area contributed by atoms with Crippen LogP contribution in [0, 0.1) is 5.92 Å². The summed E-state index contributed by atoms with van der Waals surface area (Å²) in [6.07, 6.45) is 4.98. The van der Waals surface area contributed by atoms with Gasteiger partial charge in [0.25, 0.3) is 0 Å². The zero-order chi connectivity index (χ0) is 20.6. The molecule has 0 bridgehead atoms. The highest BCUT2D eigenvalue weighted by Crippen LogP contribution is 2.46. The van der Waals surface area contributed by atoms with E-state index in [-0.39, 0.29) is 5.97 Å². The van der Waals surface area contributed by atoms with Gasteiger partial charge >= 0.3 is 5.97 Å². The van der Waals surface area contributed by atoms with Crippen LogP contribution in [-0.4, -0.2) is 27.3 Å². The summed E-state index contributed by atoms with van der Waals surface area (Å²) < 4.78 is 15.8. The first kappa shape index (κ1) is 21.3. The first-order valence-electron chi connectivity index (χ1n) is 9.91. The van der Waals surface area contributed by atoms with Crippen LogP contribution in [0.3, 0.4) is 0 Å². The molecule has 29 heavy (non-hydrogen) atoms. The molecule has 1 atom stereocenters. The van der Waals surface area contributed by atoms with Gasteiger partial charge in [0, 0.05) is 15.4 Å². The van der Waals surface area contributed by atoms with E-state index >= 15 is 0 Å². The Labute approximate surface area is 177 Å². The van der Waals surface area contributed by atoms with Gasteiger partial charge in [0.2, 0.25) is 0 Å². The number of aryl methyl sites for hydroxylation is 1. The first-order chi connectivity index (χ1) is 14.2. The fourth-order valence-corrected chi connectivity index (χ4v) is 5.04. The summed E-state index contributed by atoms with van der Waals surface area (Å²) in [4.78, 5) is 14.5. The van der Waals surface area contributed by atoms with Gasteiger partial charge in [-0.1, -0.05) is 42.1 Å². The van der Waals surface area contributed by atoms with Crippen molar-refractivity contribution in [1.82, 2.24) is 0 Å². The summed E-state index contributed by atoms with van der Waals surface area (Å²) in [5.74, 6) is 1.56. The lowest BCUT2D eigenvalue weighted by atomic mass is 9.99. The smallest absolute Gasteiger partial charge is 0.334 e. The van der Waals surface area contributed by atoms with Crippen LogP contribution in [0.15, 0.2) is 63.9 Å². The molecule has 0 heterocycles. The molecule has 1 aliphatic rings. The van der Waals surface area contributed by atoms with Crippen LogP contribution in [-0.2, 0) is 16.0 Å². The fraction of sp³-hybridized carbons (Fsp3) is 0.375. The Bertz CT molecular complexity index is 860. The molecule has 0 saturated carbocycles. The summed E-state index contributed by atoms with van der Waals surface area (Å²) in [6.45, 7) is 0. The van der Waals surface area contributed by atoms with Gasteiger partial charge in [-0.3, -0.25) is 0 Å². The predicted octanol–water partition coefficient (Wildman–Crippen LogP) is 5.66. The van der Waals surface area contributed by atoms with E-state index in [0.29, 0.717) is 17.4 Å². The molecule has 3 rings (SSSR count). The molecule has 0 N–H and O–H groups in total. The Morgan fingerprint density at radius 3 is 2.48 bits per heavy atom. The van der Waals surface area contributed by atoms with Crippen LogP contribution in [0.25, 0.3) is 0 Å². The minimum atomic E-state index is -0.210. The van der Waals surface area contributed by atoms with E-state index in [2.05, 4.69) is 24.3 Å². The van der Waals surface area contributed by atoms with Crippen LogP contribution in [0.2, 0.25) is 0 Å². The van der Waals surface area contributed by atoms with E-state index in [0.717, 1.165) is 47.5 Å². The molecule has 5 heteroatoms. The quantitative estimate of drug-likeness (QED) is 0.498. The molecule has 0 aromatic heterocycles. The second-order valence-electron chi connectivity index (χ2n) is 7.07. The average Bonchev–Trinajstić information content (AvgIpc) is 3.16. The number of hydrogen-bond acceptors (Lipinski definition) is 5. The number of carbonyl (C=O) groups excluding carboxylic acids is 1. The van der Waals surface area contributed by atoms with Crippen molar-refractivity contribution in [2.24, 2.45) is 5.92 Å². The van der Waals surface area contributed by atoms with Gasteiger partial charge < -0.3 is 14.2 Å². The number of hydrogen-bond donors (Lipinski definition) is 0. The topological polar surface area (TPSA) is 44.8 Å². The number of thioether (sulfide) groups is 1. The van der Waals surface area contributed by atoms with E-state index in [9.17, 15) is 4.79 Å². The molecule has 0 aliphatic heterocycles. The van der Waals surface area contributed by atoms with E-state index in [1.54, 1.807) is 26.0 Å². The maximum Gasteiger partial charge on any atom is 0.334 e. The number of ether oxygens (including phenoxy) is 3. The Kier molecular flexibility index (Phi) is 7.64. The van der Waals surface area contributed by atoms with Gasteiger partial charge in [-0.2, -0.15) is 0 Å². The highest BCUT2D eigenvalue weighted by molar-refractivity contribution is 8.03. The van der Waals surface area contributed by atoms with Crippen molar-refractivity contribution >= 4 is 17.7 Å². The normalized spacial score (nSPS) is 16.0. The zero-order valence-electron chi connectivity index (χ0n) is 17.3. The molecular weight excluding hydrogens is 384 g/mol. The maximum atomic E-state index is 12.3. The van der Waals surface area contributed by atoms with Gasteiger partial charge in [-0.15, -0.1) is 0 Å². The third kappa shape index (κ3) is 5.36. The molecule has 0 amide bonds. The molecule has 2 aromatic carbocycles. The highest BCUT2D eigenvalue weighted by Gasteiger charge is 2.30. The first-order valence-corrected chi connectivity index (χ1v) is 10.7. The SMILES string of the molecule is COC(=O)C1=C(Sc2ccc(OC)c(OC)c2)C(CCCc2ccccc2)CC1. The van der Waals surface area contributed by atoms with E-state index in [1.165, 1.54) is 12.7 Å². The van der Waals surface area contributed by atoms with Gasteiger partial charge in [-0.05, 0) is 61.8 Å². The lowest BCUT2D eigenvalue weighted by Gasteiger charge is -2.16. The Morgan fingerprint density at radius 2 is 1.79 bits per heavy atom. The van der Waals surface area contributed by atoms with Crippen LogP contribution < -0.4 is 9.47 Å². The molecule has 2 aromatic rings. The molecule has 154 valence electrons. The fourth-order valence-electron chi connectivity index (χ4n) is 3.77. The molecular formula is C24H28O4S. The largest absolute Gasteiger partial charge is 0.493 e. The monoisotopic (exact) mass is 412 g/mol. The second-order valence-corrected chi connectivity index (χ2v) is 8.18. The predicted molar refractivity (Wildman–Crippen MR) is 117 cm³/mol. The molecule has 4 nitrogen and oxygen atoms in total. The Morgan fingerprint density at radius 1 is 1.03 bits per heavy atom. The molecule has 0 saturated heterocycles. The van der Waals surface area contributed by atoms with Gasteiger partial charge in [-0.25, -0.2) is 4.79 Å². The van der Waals surface area contributed by atoms with Gasteiger partial charge in [0.05, 0.1) is 21.3 Å². The third-order valence-electron chi connectivity index (χ3n) is 5.29.